The molecule has 1 saturated heterocycles. The Balaban J connectivity index is 1.51. The molecule has 3 atom stereocenters. The number of amides is 3. The molecule has 0 radical (unpaired) electrons. The number of carbonyl (C=O) groups is 4. The molecule has 14 heteroatoms. The van der Waals surface area contributed by atoms with Crippen LogP contribution in [0.2, 0.25) is 0 Å². The third-order valence-electron chi connectivity index (χ3n) is 6.19. The number of carboxylic acids is 1. The molecule has 2 aromatic rings. The molecular formula is C21H28N8O6. The van der Waals surface area contributed by atoms with Crippen LogP contribution in [0.1, 0.15) is 71.0 Å². The number of likely N-dealkylation sites (tertiary alicyclic amines) is 1. The first-order valence-corrected chi connectivity index (χ1v) is 11.5. The molecule has 3 amide bonds. The molecule has 2 fully saturated rings. The quantitative estimate of drug-likeness (QED) is 0.253. The van der Waals surface area contributed by atoms with E-state index in [1.807, 2.05) is 0 Å². The summed E-state index contributed by atoms with van der Waals surface area (Å²) in [6.45, 7) is 0.459. The summed E-state index contributed by atoms with van der Waals surface area (Å²) in [4.78, 5) is 52.1. The van der Waals surface area contributed by atoms with Gasteiger partial charge in [0.1, 0.15) is 17.6 Å². The van der Waals surface area contributed by atoms with Gasteiger partial charge in [0.05, 0.1) is 12.4 Å². The smallest absolute Gasteiger partial charge is 0.326 e. The van der Waals surface area contributed by atoms with Gasteiger partial charge >= 0.3 is 5.97 Å². The molecule has 35 heavy (non-hydrogen) atoms. The molecule has 0 unspecified atom stereocenters. The molecule has 6 N–H and O–H groups in total. The second-order valence-corrected chi connectivity index (χ2v) is 8.80. The average Bonchev–Trinajstić information content (AvgIpc) is 3.24. The van der Waals surface area contributed by atoms with Crippen LogP contribution in [0.3, 0.4) is 0 Å². The van der Waals surface area contributed by atoms with Gasteiger partial charge in [0, 0.05) is 18.5 Å². The first-order valence-electron chi connectivity index (χ1n) is 11.5. The van der Waals surface area contributed by atoms with E-state index in [2.05, 4.69) is 31.2 Å². The number of aliphatic carboxylic acids is 1. The Morgan fingerprint density at radius 2 is 2.06 bits per heavy atom. The van der Waals surface area contributed by atoms with E-state index in [9.17, 15) is 24.3 Å². The molecule has 1 aliphatic carbocycles. The average molecular weight is 489 g/mol. The Morgan fingerprint density at radius 3 is 2.71 bits per heavy atom. The van der Waals surface area contributed by atoms with Crippen molar-refractivity contribution in [3.63, 3.8) is 0 Å². The van der Waals surface area contributed by atoms with Crippen molar-refractivity contribution in [2.45, 2.75) is 62.6 Å². The number of unbranched alkanes of at least 4 members (excludes halogenated alkanes) is 1. The highest BCUT2D eigenvalue weighted by Crippen LogP contribution is 2.42. The van der Waals surface area contributed by atoms with Crippen molar-refractivity contribution in [2.75, 3.05) is 13.1 Å². The lowest BCUT2D eigenvalue weighted by Gasteiger charge is -2.25. The standard InChI is InChI=1S/C21H28N8O6/c22-6-2-1-3-14(21(33)34)26-19(31)16-7-12(25-18(30)15-9-23-28-27-15)10-29(16)20(32)13-8-24-35-17(13)11-4-5-11/h8-9,11-12,14,16H,1-7,10,22H2,(H,25,30)(H,26,31)(H,33,34)(H,23,27,28)/t12-,14+,16+/m1/s1. The van der Waals surface area contributed by atoms with Gasteiger partial charge in [-0.2, -0.15) is 15.4 Å². The van der Waals surface area contributed by atoms with Crippen molar-refractivity contribution in [3.05, 3.63) is 29.4 Å². The number of nitrogens with two attached hydrogens (primary N) is 1. The van der Waals surface area contributed by atoms with E-state index in [1.165, 1.54) is 17.3 Å². The van der Waals surface area contributed by atoms with Gasteiger partial charge in [-0.25, -0.2) is 4.79 Å². The van der Waals surface area contributed by atoms with E-state index in [4.69, 9.17) is 10.3 Å². The highest BCUT2D eigenvalue weighted by Gasteiger charge is 2.43. The van der Waals surface area contributed by atoms with Crippen LogP contribution in [0.25, 0.3) is 0 Å². The van der Waals surface area contributed by atoms with Crippen molar-refractivity contribution < 1.29 is 28.8 Å². The van der Waals surface area contributed by atoms with Gasteiger partial charge in [0.25, 0.3) is 11.8 Å². The first kappa shape index (κ1) is 24.3. The minimum absolute atomic E-state index is 0.0424. The van der Waals surface area contributed by atoms with Gasteiger partial charge in [0.15, 0.2) is 11.5 Å². The van der Waals surface area contributed by atoms with E-state index in [0.29, 0.717) is 25.1 Å². The highest BCUT2D eigenvalue weighted by atomic mass is 16.5. The summed E-state index contributed by atoms with van der Waals surface area (Å²) < 4.78 is 5.28. The Morgan fingerprint density at radius 1 is 1.26 bits per heavy atom. The minimum Gasteiger partial charge on any atom is -0.480 e. The number of aromatic nitrogens is 4. The fourth-order valence-electron chi connectivity index (χ4n) is 4.21. The maximum atomic E-state index is 13.4. The molecule has 1 saturated carbocycles. The zero-order valence-electron chi connectivity index (χ0n) is 19.0. The number of carbonyl (C=O) groups excluding carboxylic acids is 3. The summed E-state index contributed by atoms with van der Waals surface area (Å²) >= 11 is 0. The predicted molar refractivity (Wildman–Crippen MR) is 118 cm³/mol. The summed E-state index contributed by atoms with van der Waals surface area (Å²) in [5.41, 5.74) is 5.82. The number of nitrogens with one attached hydrogen (secondary N) is 3. The molecule has 2 aliphatic rings. The van der Waals surface area contributed by atoms with Crippen LogP contribution >= 0.6 is 0 Å². The highest BCUT2D eigenvalue weighted by molar-refractivity contribution is 5.99. The number of hydrogen-bond acceptors (Lipinski definition) is 9. The van der Waals surface area contributed by atoms with Crippen molar-refractivity contribution in [1.29, 1.82) is 0 Å². The summed E-state index contributed by atoms with van der Waals surface area (Å²) in [5, 5.41) is 28.3. The predicted octanol–water partition coefficient (Wildman–Crippen LogP) is -0.618. The van der Waals surface area contributed by atoms with Gasteiger partial charge in [-0.05, 0) is 45.1 Å². The Bertz CT molecular complexity index is 1070. The largest absolute Gasteiger partial charge is 0.480 e. The zero-order chi connectivity index (χ0) is 24.9. The number of rotatable bonds is 11. The molecule has 2 aromatic heterocycles. The fraction of sp³-hybridized carbons (Fsp3) is 0.571. The number of aromatic amines is 1. The number of H-pyrrole nitrogens is 1. The number of hydrogen-bond donors (Lipinski definition) is 5. The molecule has 4 rings (SSSR count). The van der Waals surface area contributed by atoms with Crippen LogP contribution in [-0.4, -0.2) is 85.5 Å². The third-order valence-corrected chi connectivity index (χ3v) is 6.19. The van der Waals surface area contributed by atoms with Crippen molar-refractivity contribution in [3.8, 4) is 0 Å². The molecule has 0 aromatic carbocycles. The van der Waals surface area contributed by atoms with Crippen LogP contribution in [0.5, 0.6) is 0 Å². The Kier molecular flexibility index (Phi) is 7.39. The molecular weight excluding hydrogens is 460 g/mol. The lowest BCUT2D eigenvalue weighted by Crippen LogP contribution is -2.51. The van der Waals surface area contributed by atoms with Crippen LogP contribution in [0.4, 0.5) is 0 Å². The van der Waals surface area contributed by atoms with Gasteiger partial charge in [-0.15, -0.1) is 0 Å². The second kappa shape index (κ2) is 10.6. The van der Waals surface area contributed by atoms with Crippen molar-refractivity contribution in [1.82, 2.24) is 36.1 Å². The molecule has 1 aliphatic heterocycles. The SMILES string of the molecule is NCCCC[C@H](NC(=O)[C@@H]1C[C@@H](NC(=O)c2cn[nH]n2)CN1C(=O)c1cnoc1C1CC1)C(=O)O. The van der Waals surface area contributed by atoms with E-state index >= 15 is 0 Å². The maximum absolute atomic E-state index is 13.4. The van der Waals surface area contributed by atoms with E-state index in [1.54, 1.807) is 0 Å². The summed E-state index contributed by atoms with van der Waals surface area (Å²) in [7, 11) is 0. The second-order valence-electron chi connectivity index (χ2n) is 8.80. The van der Waals surface area contributed by atoms with Gasteiger partial charge < -0.3 is 30.9 Å². The zero-order valence-corrected chi connectivity index (χ0v) is 19.0. The van der Waals surface area contributed by atoms with Crippen LogP contribution in [-0.2, 0) is 9.59 Å². The van der Waals surface area contributed by atoms with Crippen molar-refractivity contribution in [2.24, 2.45) is 5.73 Å². The van der Waals surface area contributed by atoms with E-state index in [0.717, 1.165) is 12.8 Å². The van der Waals surface area contributed by atoms with E-state index in [-0.39, 0.29) is 36.6 Å². The van der Waals surface area contributed by atoms with Gasteiger partial charge in [-0.1, -0.05) is 5.16 Å². The lowest BCUT2D eigenvalue weighted by molar-refractivity contribution is -0.142. The molecule has 0 spiro atoms. The number of nitrogens with zero attached hydrogens (tertiary/aromatic N) is 4. The maximum Gasteiger partial charge on any atom is 0.326 e. The topological polar surface area (TPSA) is 209 Å². The normalized spacial score (nSPS) is 20.4. The Labute approximate surface area is 200 Å². The minimum atomic E-state index is -1.17. The summed E-state index contributed by atoms with van der Waals surface area (Å²) in [5.74, 6) is -2.15. The van der Waals surface area contributed by atoms with Gasteiger partial charge in [-0.3, -0.25) is 14.4 Å². The monoisotopic (exact) mass is 488 g/mol. The van der Waals surface area contributed by atoms with Crippen LogP contribution in [0, 0.1) is 0 Å². The van der Waals surface area contributed by atoms with Crippen molar-refractivity contribution >= 4 is 23.7 Å². The Hall–Kier alpha value is -3.81. The third kappa shape index (κ3) is 5.65. The van der Waals surface area contributed by atoms with Gasteiger partial charge in [0.2, 0.25) is 5.91 Å². The molecule has 0 bridgehead atoms. The summed E-state index contributed by atoms with van der Waals surface area (Å²) in [6.07, 6.45) is 5.83. The number of carboxylic acid groups (broad SMARTS) is 1. The molecule has 188 valence electrons. The first-order chi connectivity index (χ1) is 16.9. The van der Waals surface area contributed by atoms with Crippen LogP contribution < -0.4 is 16.4 Å². The van der Waals surface area contributed by atoms with Crippen LogP contribution in [0.15, 0.2) is 16.9 Å². The fourth-order valence-corrected chi connectivity index (χ4v) is 4.21. The summed E-state index contributed by atoms with van der Waals surface area (Å²) in [6, 6.07) is -2.68. The van der Waals surface area contributed by atoms with E-state index < -0.39 is 41.8 Å². The molecule has 14 nitrogen and oxygen atoms in total. The lowest BCUT2D eigenvalue weighted by atomic mass is 10.1. The molecule has 3 heterocycles.